The minimum Gasteiger partial charge on any atom is -0.492 e. The molecule has 0 saturated heterocycles. The fraction of sp³-hybridized carbons (Fsp3) is 0.235. The maximum Gasteiger partial charge on any atom is 0.319 e. The Kier molecular flexibility index (Phi) is 5.67. The lowest BCUT2D eigenvalue weighted by atomic mass is 10.1. The summed E-state index contributed by atoms with van der Waals surface area (Å²) in [6.07, 6.45) is 0. The van der Waals surface area contributed by atoms with E-state index in [4.69, 9.17) is 16.3 Å². The van der Waals surface area contributed by atoms with Crippen LogP contribution in [0.4, 0.5) is 10.5 Å². The first-order chi connectivity index (χ1) is 10.5. The predicted molar refractivity (Wildman–Crippen MR) is 89.9 cm³/mol. The first-order valence-electron chi connectivity index (χ1n) is 7.05. The van der Waals surface area contributed by atoms with Gasteiger partial charge in [-0.1, -0.05) is 35.4 Å². The van der Waals surface area contributed by atoms with Gasteiger partial charge < -0.3 is 15.4 Å². The van der Waals surface area contributed by atoms with Crippen LogP contribution in [0.25, 0.3) is 0 Å². The number of hydrogen-bond donors (Lipinski definition) is 2. The van der Waals surface area contributed by atoms with E-state index in [9.17, 15) is 4.79 Å². The lowest BCUT2D eigenvalue weighted by molar-refractivity contribution is 0.247. The quantitative estimate of drug-likeness (QED) is 0.813. The molecule has 0 aliphatic heterocycles. The number of amides is 2. The minimum absolute atomic E-state index is 0.248. The summed E-state index contributed by atoms with van der Waals surface area (Å²) in [4.78, 5) is 11.8. The van der Waals surface area contributed by atoms with Crippen molar-refractivity contribution in [2.75, 3.05) is 18.5 Å². The molecule has 0 heterocycles. The van der Waals surface area contributed by atoms with Gasteiger partial charge in [-0.15, -0.1) is 0 Å². The zero-order valence-corrected chi connectivity index (χ0v) is 13.4. The van der Waals surface area contributed by atoms with E-state index in [1.165, 1.54) is 5.56 Å². The predicted octanol–water partition coefficient (Wildman–Crippen LogP) is 4.16. The maximum atomic E-state index is 11.8. The van der Waals surface area contributed by atoms with Crippen molar-refractivity contribution < 1.29 is 9.53 Å². The Bertz CT molecular complexity index is 659. The average molecular weight is 319 g/mol. The molecule has 0 aliphatic rings. The molecule has 5 heteroatoms. The molecule has 2 aromatic carbocycles. The first-order valence-corrected chi connectivity index (χ1v) is 7.43. The van der Waals surface area contributed by atoms with Crippen molar-refractivity contribution in [3.63, 3.8) is 0 Å². The molecule has 0 bridgehead atoms. The van der Waals surface area contributed by atoms with Gasteiger partial charge in [-0.25, -0.2) is 4.79 Å². The summed E-state index contributed by atoms with van der Waals surface area (Å²) in [6.45, 7) is 4.76. The molecule has 0 fully saturated rings. The molecule has 2 N–H and O–H groups in total. The van der Waals surface area contributed by atoms with Gasteiger partial charge in [0.15, 0.2) is 0 Å². The highest BCUT2D eigenvalue weighted by Crippen LogP contribution is 2.17. The van der Waals surface area contributed by atoms with E-state index in [1.54, 1.807) is 12.1 Å². The van der Waals surface area contributed by atoms with Crippen LogP contribution in [0, 0.1) is 13.8 Å². The zero-order valence-electron chi connectivity index (χ0n) is 12.7. The van der Waals surface area contributed by atoms with Gasteiger partial charge >= 0.3 is 6.03 Å². The van der Waals surface area contributed by atoms with Crippen molar-refractivity contribution in [1.82, 2.24) is 5.32 Å². The van der Waals surface area contributed by atoms with Crippen molar-refractivity contribution in [2.24, 2.45) is 0 Å². The van der Waals surface area contributed by atoms with Crippen molar-refractivity contribution in [1.29, 1.82) is 0 Å². The Hall–Kier alpha value is -2.20. The van der Waals surface area contributed by atoms with Gasteiger partial charge in [-0.3, -0.25) is 0 Å². The fourth-order valence-corrected chi connectivity index (χ4v) is 2.19. The molecule has 22 heavy (non-hydrogen) atoms. The van der Waals surface area contributed by atoms with Crippen LogP contribution in [0.1, 0.15) is 11.1 Å². The Morgan fingerprint density at radius 3 is 2.73 bits per heavy atom. The largest absolute Gasteiger partial charge is 0.492 e. The second-order valence-electron chi connectivity index (χ2n) is 5.01. The molecule has 4 nitrogen and oxygen atoms in total. The number of nitrogens with one attached hydrogen (secondary N) is 2. The number of aryl methyl sites for hydroxylation is 2. The molecule has 2 aromatic rings. The number of benzene rings is 2. The second kappa shape index (κ2) is 7.71. The monoisotopic (exact) mass is 318 g/mol. The van der Waals surface area contributed by atoms with Crippen LogP contribution < -0.4 is 15.4 Å². The third-order valence-corrected chi connectivity index (χ3v) is 3.32. The molecular formula is C17H19ClN2O2. The summed E-state index contributed by atoms with van der Waals surface area (Å²) in [5, 5.41) is 6.19. The fourth-order valence-electron chi connectivity index (χ4n) is 2.01. The number of ether oxygens (including phenoxy) is 1. The molecule has 0 atom stereocenters. The molecule has 0 spiro atoms. The summed E-state index contributed by atoms with van der Waals surface area (Å²) in [5.41, 5.74) is 3.00. The van der Waals surface area contributed by atoms with Crippen LogP contribution in [0.2, 0.25) is 5.02 Å². The third-order valence-electron chi connectivity index (χ3n) is 3.08. The third kappa shape index (κ3) is 4.97. The van der Waals surface area contributed by atoms with E-state index in [-0.39, 0.29) is 6.03 Å². The molecule has 0 aliphatic carbocycles. The van der Waals surface area contributed by atoms with Crippen LogP contribution >= 0.6 is 11.6 Å². The number of carbonyl (C=O) groups excluding carboxylic acids is 1. The van der Waals surface area contributed by atoms with Crippen LogP contribution in [0.5, 0.6) is 5.75 Å². The van der Waals surface area contributed by atoms with Gasteiger partial charge in [0.2, 0.25) is 0 Å². The summed E-state index contributed by atoms with van der Waals surface area (Å²) < 4.78 is 5.50. The van der Waals surface area contributed by atoms with E-state index in [0.717, 1.165) is 11.3 Å². The normalized spacial score (nSPS) is 10.1. The van der Waals surface area contributed by atoms with Crippen LogP contribution in [0.15, 0.2) is 42.5 Å². The van der Waals surface area contributed by atoms with Crippen LogP contribution in [0.3, 0.4) is 0 Å². The van der Waals surface area contributed by atoms with Crippen LogP contribution in [-0.4, -0.2) is 19.2 Å². The smallest absolute Gasteiger partial charge is 0.319 e. The van der Waals surface area contributed by atoms with E-state index in [2.05, 4.69) is 10.6 Å². The molecule has 0 saturated carbocycles. The Morgan fingerprint density at radius 2 is 2.00 bits per heavy atom. The average Bonchev–Trinajstić information content (AvgIpc) is 2.47. The summed E-state index contributed by atoms with van der Waals surface area (Å²) >= 11 is 5.86. The number of hydrogen-bond acceptors (Lipinski definition) is 2. The van der Waals surface area contributed by atoms with E-state index in [1.807, 2.05) is 44.2 Å². The minimum atomic E-state index is -0.248. The molecule has 2 rings (SSSR count). The summed E-state index contributed by atoms with van der Waals surface area (Å²) in [5.74, 6) is 0.684. The SMILES string of the molecule is Cc1ccc(NC(=O)NCCOc2cccc(Cl)c2)c(C)c1. The highest BCUT2D eigenvalue weighted by molar-refractivity contribution is 6.30. The number of rotatable bonds is 5. The number of halogens is 1. The Labute approximate surface area is 135 Å². The Morgan fingerprint density at radius 1 is 1.18 bits per heavy atom. The van der Waals surface area contributed by atoms with E-state index >= 15 is 0 Å². The molecule has 0 radical (unpaired) electrons. The zero-order chi connectivity index (χ0) is 15.9. The topological polar surface area (TPSA) is 50.4 Å². The number of anilines is 1. The van der Waals surface area contributed by atoms with Gasteiger partial charge in [-0.2, -0.15) is 0 Å². The lowest BCUT2D eigenvalue weighted by Gasteiger charge is -2.11. The highest BCUT2D eigenvalue weighted by Gasteiger charge is 2.04. The van der Waals surface area contributed by atoms with Crippen molar-refractivity contribution in [3.8, 4) is 5.75 Å². The van der Waals surface area contributed by atoms with Crippen molar-refractivity contribution in [3.05, 3.63) is 58.6 Å². The molecule has 116 valence electrons. The molecule has 0 unspecified atom stereocenters. The highest BCUT2D eigenvalue weighted by atomic mass is 35.5. The van der Waals surface area contributed by atoms with Crippen molar-refractivity contribution >= 4 is 23.3 Å². The van der Waals surface area contributed by atoms with E-state index < -0.39 is 0 Å². The van der Waals surface area contributed by atoms with Crippen LogP contribution in [-0.2, 0) is 0 Å². The second-order valence-corrected chi connectivity index (χ2v) is 5.44. The summed E-state index contributed by atoms with van der Waals surface area (Å²) in [6, 6.07) is 12.8. The standard InChI is InChI=1S/C17H19ClN2O2/c1-12-6-7-16(13(2)10-12)20-17(21)19-8-9-22-15-5-3-4-14(18)11-15/h3-7,10-11H,8-9H2,1-2H3,(H2,19,20,21). The van der Waals surface area contributed by atoms with Gasteiger partial charge in [-0.05, 0) is 43.7 Å². The molecule has 0 aromatic heterocycles. The van der Waals surface area contributed by atoms with Crippen molar-refractivity contribution in [2.45, 2.75) is 13.8 Å². The lowest BCUT2D eigenvalue weighted by Crippen LogP contribution is -2.32. The van der Waals surface area contributed by atoms with Gasteiger partial charge in [0.25, 0.3) is 0 Å². The first kappa shape index (κ1) is 16.2. The molecule has 2 amide bonds. The van der Waals surface area contributed by atoms with E-state index in [0.29, 0.717) is 23.9 Å². The van der Waals surface area contributed by atoms with Gasteiger partial charge in [0.1, 0.15) is 12.4 Å². The maximum absolute atomic E-state index is 11.8. The Balaban J connectivity index is 1.74. The number of urea groups is 1. The molecular weight excluding hydrogens is 300 g/mol. The summed E-state index contributed by atoms with van der Waals surface area (Å²) in [7, 11) is 0. The van der Waals surface area contributed by atoms with Gasteiger partial charge in [0.05, 0.1) is 6.54 Å². The number of carbonyl (C=O) groups is 1. The van der Waals surface area contributed by atoms with Gasteiger partial charge in [0, 0.05) is 10.7 Å².